The third-order valence-corrected chi connectivity index (χ3v) is 7.17. The molecular weight excluding hydrogens is 446 g/mol. The minimum Gasteiger partial charge on any atom is -0.394 e. The maximum Gasteiger partial charge on any atom is 0.220 e. The number of unbranched alkanes of at least 4 members (excludes halogenated alkanes) is 21. The van der Waals surface area contributed by atoms with Crippen LogP contribution in [0.4, 0.5) is 0 Å². The maximum atomic E-state index is 12.3. The van der Waals surface area contributed by atoms with E-state index in [0.29, 0.717) is 6.42 Å². The number of allylic oxidation sites excluding steroid dienone is 1. The van der Waals surface area contributed by atoms with Crippen molar-refractivity contribution in [3.63, 3.8) is 0 Å². The molecule has 0 aromatic carbocycles. The predicted octanol–water partition coefficient (Wildman–Crippen LogP) is 8.78. The van der Waals surface area contributed by atoms with E-state index < -0.39 is 18.7 Å². The number of nitrogens with one attached hydrogen (secondary N) is 1. The highest BCUT2D eigenvalue weighted by Crippen LogP contribution is 2.13. The van der Waals surface area contributed by atoms with Gasteiger partial charge in [-0.3, -0.25) is 4.79 Å². The summed E-state index contributed by atoms with van der Waals surface area (Å²) in [5.41, 5.74) is 0. The number of carbonyl (C=O) groups excluding carboxylic acids is 1. The molecule has 4 nitrogen and oxygen atoms in total. The van der Waals surface area contributed by atoms with Gasteiger partial charge in [0.25, 0.3) is 0 Å². The monoisotopic (exact) mass is 510 g/mol. The second kappa shape index (κ2) is 28.7. The van der Waals surface area contributed by atoms with Gasteiger partial charge in [0.1, 0.15) is 0 Å². The zero-order valence-corrected chi connectivity index (χ0v) is 24.2. The molecule has 0 saturated carbocycles. The van der Waals surface area contributed by atoms with Gasteiger partial charge in [0.15, 0.2) is 0 Å². The fraction of sp³-hybridized carbons (Fsp3) is 0.906. The van der Waals surface area contributed by atoms with E-state index in [1.54, 1.807) is 6.08 Å². The van der Waals surface area contributed by atoms with E-state index in [2.05, 4.69) is 19.2 Å². The number of aliphatic hydroxyl groups is 2. The lowest BCUT2D eigenvalue weighted by molar-refractivity contribution is -0.123. The Balaban J connectivity index is 3.80. The fourth-order valence-electron chi connectivity index (χ4n) is 4.70. The summed E-state index contributed by atoms with van der Waals surface area (Å²) in [6, 6.07) is -0.978. The number of rotatable bonds is 28. The average Bonchev–Trinajstić information content (AvgIpc) is 2.88. The lowest BCUT2D eigenvalue weighted by Gasteiger charge is -2.20. The lowest BCUT2D eigenvalue weighted by Crippen LogP contribution is -2.45. The minimum absolute atomic E-state index is 0.190. The van der Waals surface area contributed by atoms with Gasteiger partial charge in [-0.25, -0.2) is 0 Å². The SMILES string of the molecule is [2H]C(O)[C@H](NC(=O)CCCCCCCCCCCCC)[C@H](O)/C=C/CCCCCCCCCCCCC. The number of carbonyl (C=O) groups is 1. The van der Waals surface area contributed by atoms with Crippen LogP contribution >= 0.6 is 0 Å². The average molecular weight is 511 g/mol. The molecule has 3 atom stereocenters. The summed E-state index contributed by atoms with van der Waals surface area (Å²) in [6.07, 6.45) is 31.7. The minimum atomic E-state index is -1.54. The van der Waals surface area contributed by atoms with E-state index in [1.165, 1.54) is 116 Å². The van der Waals surface area contributed by atoms with Crippen molar-refractivity contribution >= 4 is 5.91 Å². The summed E-state index contributed by atoms with van der Waals surface area (Å²) in [4.78, 5) is 12.3. The van der Waals surface area contributed by atoms with E-state index in [0.717, 1.165) is 32.1 Å². The van der Waals surface area contributed by atoms with Crippen LogP contribution in [-0.4, -0.2) is 34.8 Å². The number of hydrogen-bond acceptors (Lipinski definition) is 3. The van der Waals surface area contributed by atoms with Crippen LogP contribution in [0, 0.1) is 0 Å². The van der Waals surface area contributed by atoms with E-state index in [1.807, 2.05) is 6.08 Å². The molecule has 0 radical (unpaired) electrons. The van der Waals surface area contributed by atoms with Crippen LogP contribution in [0.2, 0.25) is 0 Å². The predicted molar refractivity (Wildman–Crippen MR) is 156 cm³/mol. The Morgan fingerprint density at radius 1 is 0.694 bits per heavy atom. The molecule has 4 heteroatoms. The molecule has 3 N–H and O–H groups in total. The van der Waals surface area contributed by atoms with E-state index in [-0.39, 0.29) is 5.91 Å². The molecule has 0 spiro atoms. The first kappa shape index (κ1) is 33.2. The molecule has 214 valence electrons. The molecule has 0 aliphatic carbocycles. The van der Waals surface area contributed by atoms with Gasteiger partial charge in [0.2, 0.25) is 5.91 Å². The van der Waals surface area contributed by atoms with Gasteiger partial charge in [-0.1, -0.05) is 154 Å². The van der Waals surface area contributed by atoms with Gasteiger partial charge in [-0.15, -0.1) is 0 Å². The molecule has 1 amide bonds. The molecule has 0 bridgehead atoms. The van der Waals surface area contributed by atoms with Crippen LogP contribution in [0.3, 0.4) is 0 Å². The summed E-state index contributed by atoms with van der Waals surface area (Å²) in [7, 11) is 0. The van der Waals surface area contributed by atoms with Crippen LogP contribution < -0.4 is 5.32 Å². The second-order valence-corrected chi connectivity index (χ2v) is 10.8. The van der Waals surface area contributed by atoms with Crippen molar-refractivity contribution in [2.24, 2.45) is 0 Å². The molecule has 0 aromatic heterocycles. The van der Waals surface area contributed by atoms with Gasteiger partial charge in [0, 0.05) is 6.42 Å². The van der Waals surface area contributed by atoms with Gasteiger partial charge in [-0.2, -0.15) is 0 Å². The molecule has 0 aliphatic heterocycles. The first-order chi connectivity index (χ1) is 18.0. The Labute approximate surface area is 226 Å². The molecule has 36 heavy (non-hydrogen) atoms. The van der Waals surface area contributed by atoms with Crippen LogP contribution in [-0.2, 0) is 4.79 Å². The Kier molecular flexibility index (Phi) is 26.4. The third-order valence-electron chi connectivity index (χ3n) is 7.17. The normalized spacial score (nSPS) is 14.6. The van der Waals surface area contributed by atoms with Crippen molar-refractivity contribution in [3.05, 3.63) is 12.2 Å². The molecular formula is C32H63NO3. The van der Waals surface area contributed by atoms with Gasteiger partial charge >= 0.3 is 0 Å². The van der Waals surface area contributed by atoms with Crippen LogP contribution in [0.25, 0.3) is 0 Å². The van der Waals surface area contributed by atoms with Gasteiger partial charge < -0.3 is 15.5 Å². The molecule has 0 aromatic rings. The van der Waals surface area contributed by atoms with Crippen molar-refractivity contribution in [2.45, 2.75) is 180 Å². The summed E-state index contributed by atoms with van der Waals surface area (Å²) in [5.74, 6) is -0.190. The van der Waals surface area contributed by atoms with Crippen molar-refractivity contribution in [1.29, 1.82) is 0 Å². The molecule has 0 fully saturated rings. The Morgan fingerprint density at radius 2 is 1.08 bits per heavy atom. The highest BCUT2D eigenvalue weighted by atomic mass is 16.3. The standard InChI is InChI=1S/C32H63NO3/c1-3-5-7-9-11-13-15-16-18-19-21-23-25-27-31(35)30(29-34)33-32(36)28-26-24-22-20-17-14-12-10-8-6-4-2/h25,27,30-31,34-35H,3-24,26,28-29H2,1-2H3,(H,33,36)/b27-25+/t30-,31+/m0/s1/i29D/t29?,30-,31+. The zero-order chi connectivity index (χ0) is 27.4. The maximum absolute atomic E-state index is 12.3. The zero-order valence-electron chi connectivity index (χ0n) is 25.2. The van der Waals surface area contributed by atoms with E-state index in [4.69, 9.17) is 1.37 Å². The largest absolute Gasteiger partial charge is 0.394 e. The highest BCUT2D eigenvalue weighted by molar-refractivity contribution is 5.76. The summed E-state index contributed by atoms with van der Waals surface area (Å²) in [6.45, 7) is 2.96. The first-order valence-electron chi connectivity index (χ1n) is 16.3. The molecule has 0 aliphatic rings. The number of amides is 1. The van der Waals surface area contributed by atoms with Crippen molar-refractivity contribution in [1.82, 2.24) is 5.32 Å². The topological polar surface area (TPSA) is 69.6 Å². The smallest absolute Gasteiger partial charge is 0.220 e. The van der Waals surface area contributed by atoms with Crippen molar-refractivity contribution in [2.75, 3.05) is 6.58 Å². The molecule has 0 rings (SSSR count). The number of aliphatic hydroxyl groups excluding tert-OH is 2. The van der Waals surface area contributed by atoms with Gasteiger partial charge in [-0.05, 0) is 19.3 Å². The Bertz CT molecular complexity index is 512. The van der Waals surface area contributed by atoms with E-state index >= 15 is 0 Å². The summed E-state index contributed by atoms with van der Waals surface area (Å²) >= 11 is 0. The van der Waals surface area contributed by atoms with Crippen LogP contribution in [0.15, 0.2) is 12.2 Å². The highest BCUT2D eigenvalue weighted by Gasteiger charge is 2.17. The van der Waals surface area contributed by atoms with Gasteiger partial charge in [0.05, 0.1) is 20.1 Å². The molecule has 0 heterocycles. The number of hydrogen-bond donors (Lipinski definition) is 3. The summed E-state index contributed by atoms with van der Waals surface area (Å²) in [5, 5.41) is 22.8. The Morgan fingerprint density at radius 3 is 1.50 bits per heavy atom. The quantitative estimate of drug-likeness (QED) is 0.0727. The summed E-state index contributed by atoms with van der Waals surface area (Å²) < 4.78 is 7.64. The molecule has 0 saturated heterocycles. The van der Waals surface area contributed by atoms with Crippen LogP contribution in [0.5, 0.6) is 0 Å². The second-order valence-electron chi connectivity index (χ2n) is 10.8. The van der Waals surface area contributed by atoms with Crippen molar-refractivity contribution in [3.8, 4) is 0 Å². The van der Waals surface area contributed by atoms with Crippen molar-refractivity contribution < 1.29 is 16.4 Å². The van der Waals surface area contributed by atoms with Crippen LogP contribution in [0.1, 0.15) is 169 Å². The third kappa shape index (κ3) is 24.8. The fourth-order valence-corrected chi connectivity index (χ4v) is 4.70. The Hall–Kier alpha value is -0.870. The first-order valence-corrected chi connectivity index (χ1v) is 15.8. The molecule has 1 unspecified atom stereocenters. The lowest BCUT2D eigenvalue weighted by atomic mass is 10.0. The van der Waals surface area contributed by atoms with E-state index in [9.17, 15) is 15.0 Å².